The fourth-order valence-corrected chi connectivity index (χ4v) is 7.70. The molecule has 5 fully saturated rings. The Morgan fingerprint density at radius 2 is 1.96 bits per heavy atom. The van der Waals surface area contributed by atoms with E-state index >= 15 is 0 Å². The highest BCUT2D eigenvalue weighted by atomic mass is 16.7. The van der Waals surface area contributed by atoms with Crippen molar-refractivity contribution in [1.82, 2.24) is 0 Å². The van der Waals surface area contributed by atoms with Crippen molar-refractivity contribution < 1.29 is 23.7 Å². The van der Waals surface area contributed by atoms with Crippen LogP contribution in [0.2, 0.25) is 0 Å². The van der Waals surface area contributed by atoms with Gasteiger partial charge in [0.15, 0.2) is 6.29 Å². The van der Waals surface area contributed by atoms with Gasteiger partial charge in [0, 0.05) is 24.9 Å². The summed E-state index contributed by atoms with van der Waals surface area (Å²) in [5.41, 5.74) is -0.772. The lowest BCUT2D eigenvalue weighted by atomic mass is 9.44. The average Bonchev–Trinajstić information content (AvgIpc) is 3.25. The number of esters is 1. The summed E-state index contributed by atoms with van der Waals surface area (Å²) in [6.07, 6.45) is 6.87. The van der Waals surface area contributed by atoms with Gasteiger partial charge in [-0.2, -0.15) is 0 Å². The van der Waals surface area contributed by atoms with Gasteiger partial charge in [0.2, 0.25) is 0 Å². The molecule has 0 radical (unpaired) electrons. The number of ether oxygens (including phenoxy) is 4. The fraction of sp³-hybridized carbons (Fsp3) is 0.952. The molecule has 5 heteroatoms. The van der Waals surface area contributed by atoms with Crippen LogP contribution in [0, 0.1) is 22.7 Å². The Kier molecular flexibility index (Phi) is 3.51. The van der Waals surface area contributed by atoms with Crippen LogP contribution in [-0.2, 0) is 23.7 Å². The van der Waals surface area contributed by atoms with Gasteiger partial charge in [-0.1, -0.05) is 20.3 Å². The van der Waals surface area contributed by atoms with E-state index in [4.69, 9.17) is 18.9 Å². The molecular weight excluding hydrogens is 332 g/mol. The first-order valence-electron chi connectivity index (χ1n) is 10.3. The number of carbonyl (C=O) groups excluding carboxylic acids is 1. The minimum atomic E-state index is -0.342. The van der Waals surface area contributed by atoms with Crippen LogP contribution < -0.4 is 0 Å². The molecule has 0 aromatic heterocycles. The minimum Gasteiger partial charge on any atom is -0.462 e. The molecule has 2 saturated carbocycles. The van der Waals surface area contributed by atoms with E-state index in [9.17, 15) is 4.79 Å². The molecule has 8 atom stereocenters. The van der Waals surface area contributed by atoms with Crippen LogP contribution in [-0.4, -0.2) is 43.3 Å². The van der Waals surface area contributed by atoms with Gasteiger partial charge < -0.3 is 18.9 Å². The largest absolute Gasteiger partial charge is 0.462 e. The molecule has 3 saturated heterocycles. The van der Waals surface area contributed by atoms with E-state index in [2.05, 4.69) is 20.8 Å². The van der Waals surface area contributed by atoms with Crippen molar-refractivity contribution in [2.24, 2.45) is 22.7 Å². The molecule has 2 aliphatic carbocycles. The first-order chi connectivity index (χ1) is 12.3. The zero-order valence-corrected chi connectivity index (χ0v) is 16.5. The summed E-state index contributed by atoms with van der Waals surface area (Å²) in [5, 5.41) is 0. The van der Waals surface area contributed by atoms with Crippen molar-refractivity contribution in [2.45, 2.75) is 89.3 Å². The third-order valence-electron chi connectivity index (χ3n) is 8.89. The third-order valence-corrected chi connectivity index (χ3v) is 8.89. The Morgan fingerprint density at radius 3 is 2.69 bits per heavy atom. The second-order valence-corrected chi connectivity index (χ2v) is 10.1. The molecule has 5 rings (SSSR count). The van der Waals surface area contributed by atoms with Crippen molar-refractivity contribution in [3.63, 3.8) is 0 Å². The van der Waals surface area contributed by atoms with Crippen LogP contribution in [0.3, 0.4) is 0 Å². The maximum atomic E-state index is 12.8. The van der Waals surface area contributed by atoms with Gasteiger partial charge in [-0.25, -0.2) is 0 Å². The van der Waals surface area contributed by atoms with Gasteiger partial charge in [0.1, 0.15) is 6.10 Å². The van der Waals surface area contributed by atoms with Gasteiger partial charge >= 0.3 is 5.97 Å². The summed E-state index contributed by atoms with van der Waals surface area (Å²) in [4.78, 5) is 12.8. The molecule has 5 nitrogen and oxygen atoms in total. The molecule has 0 aromatic carbocycles. The lowest BCUT2D eigenvalue weighted by Crippen LogP contribution is -2.65. The topological polar surface area (TPSA) is 54.0 Å². The second-order valence-electron chi connectivity index (χ2n) is 10.1. The van der Waals surface area contributed by atoms with Crippen LogP contribution in [0.4, 0.5) is 0 Å². The van der Waals surface area contributed by atoms with Crippen LogP contribution in [0.25, 0.3) is 0 Å². The number of hydrogen-bond donors (Lipinski definition) is 0. The molecule has 146 valence electrons. The van der Waals surface area contributed by atoms with Crippen molar-refractivity contribution in [2.75, 3.05) is 13.7 Å². The lowest BCUT2D eigenvalue weighted by Gasteiger charge is -2.62. The fourth-order valence-electron chi connectivity index (χ4n) is 7.70. The zero-order valence-electron chi connectivity index (χ0n) is 16.5. The summed E-state index contributed by atoms with van der Waals surface area (Å²) in [6.45, 7) is 7.47. The summed E-state index contributed by atoms with van der Waals surface area (Å²) in [5.74, 6) is 0.671. The van der Waals surface area contributed by atoms with E-state index in [1.54, 1.807) is 7.11 Å². The number of hydrogen-bond acceptors (Lipinski definition) is 5. The SMILES string of the molecule is COC1CC2(CCC3(O2)C(C)CC2OC(=O)C4(C)CCCC3(C)C24)CO1. The molecule has 0 bridgehead atoms. The van der Waals surface area contributed by atoms with Crippen LogP contribution in [0.1, 0.15) is 65.7 Å². The van der Waals surface area contributed by atoms with Crippen molar-refractivity contribution in [1.29, 1.82) is 0 Å². The maximum absolute atomic E-state index is 12.8. The Hall–Kier alpha value is -0.650. The number of methoxy groups -OCH3 is 1. The molecule has 8 unspecified atom stereocenters. The average molecular weight is 364 g/mol. The van der Waals surface area contributed by atoms with Gasteiger partial charge in [0.25, 0.3) is 0 Å². The second kappa shape index (κ2) is 5.24. The van der Waals surface area contributed by atoms with Crippen molar-refractivity contribution >= 4 is 5.97 Å². The first-order valence-corrected chi connectivity index (χ1v) is 10.3. The van der Waals surface area contributed by atoms with E-state index in [1.807, 2.05) is 0 Å². The molecule has 26 heavy (non-hydrogen) atoms. The molecule has 3 heterocycles. The van der Waals surface area contributed by atoms with E-state index in [1.165, 1.54) is 0 Å². The van der Waals surface area contributed by atoms with Crippen LogP contribution in [0.15, 0.2) is 0 Å². The highest BCUT2D eigenvalue weighted by Crippen LogP contribution is 2.70. The highest BCUT2D eigenvalue weighted by molar-refractivity contribution is 5.80. The molecule has 0 amide bonds. The Balaban J connectivity index is 1.55. The predicted molar refractivity (Wildman–Crippen MR) is 94.4 cm³/mol. The molecule has 3 aliphatic heterocycles. The Morgan fingerprint density at radius 1 is 1.15 bits per heavy atom. The standard InChI is InChI=1S/C21H32O5/c1-13-10-14-16-18(2,17(22)25-14)6-5-7-19(16,3)21(13)9-8-20(26-21)11-15(23-4)24-12-20/h13-16H,5-12H2,1-4H3. The Bertz CT molecular complexity index is 636. The first kappa shape index (κ1) is 17.4. The predicted octanol–water partition coefficient (Wildman–Crippen LogP) is 3.45. The van der Waals surface area contributed by atoms with E-state index in [-0.39, 0.29) is 46.3 Å². The normalized spacial score (nSPS) is 58.4. The zero-order chi connectivity index (χ0) is 18.4. The lowest BCUT2D eigenvalue weighted by molar-refractivity contribution is -0.251. The molecule has 0 N–H and O–H groups in total. The van der Waals surface area contributed by atoms with E-state index in [0.717, 1.165) is 44.9 Å². The quantitative estimate of drug-likeness (QED) is 0.667. The molecular formula is C21H32O5. The molecule has 5 aliphatic rings. The molecule has 2 spiro atoms. The minimum absolute atomic E-state index is 0.0247. The van der Waals surface area contributed by atoms with Crippen LogP contribution >= 0.6 is 0 Å². The van der Waals surface area contributed by atoms with E-state index in [0.29, 0.717) is 12.5 Å². The van der Waals surface area contributed by atoms with Gasteiger partial charge in [-0.15, -0.1) is 0 Å². The van der Waals surface area contributed by atoms with E-state index < -0.39 is 0 Å². The van der Waals surface area contributed by atoms with Gasteiger partial charge in [-0.05, 0) is 44.9 Å². The molecule has 0 aromatic rings. The summed E-state index contributed by atoms with van der Waals surface area (Å²) < 4.78 is 24.3. The monoisotopic (exact) mass is 364 g/mol. The van der Waals surface area contributed by atoms with Crippen molar-refractivity contribution in [3.05, 3.63) is 0 Å². The number of fused-ring (bicyclic) bond motifs is 1. The van der Waals surface area contributed by atoms with Crippen molar-refractivity contribution in [3.8, 4) is 0 Å². The summed E-state index contributed by atoms with van der Waals surface area (Å²) in [6, 6.07) is 0. The smallest absolute Gasteiger partial charge is 0.312 e. The Labute approximate surface area is 156 Å². The summed E-state index contributed by atoms with van der Waals surface area (Å²) >= 11 is 0. The third kappa shape index (κ3) is 1.90. The van der Waals surface area contributed by atoms with Gasteiger partial charge in [-0.3, -0.25) is 4.79 Å². The number of carbonyl (C=O) groups is 1. The summed E-state index contributed by atoms with van der Waals surface area (Å²) in [7, 11) is 1.71. The van der Waals surface area contributed by atoms with Gasteiger partial charge in [0.05, 0.1) is 23.2 Å². The number of rotatable bonds is 1. The highest BCUT2D eigenvalue weighted by Gasteiger charge is 2.74. The van der Waals surface area contributed by atoms with Crippen LogP contribution in [0.5, 0.6) is 0 Å². The maximum Gasteiger partial charge on any atom is 0.312 e.